The fourth-order valence-corrected chi connectivity index (χ4v) is 1.81. The molecule has 0 radical (unpaired) electrons. The molecule has 18 heavy (non-hydrogen) atoms. The van der Waals surface area contributed by atoms with Crippen molar-refractivity contribution < 1.29 is 9.53 Å². The Kier molecular flexibility index (Phi) is 4.95. The molecule has 1 N–H and O–H groups in total. The van der Waals surface area contributed by atoms with Crippen LogP contribution in [0.4, 0.5) is 0 Å². The van der Waals surface area contributed by atoms with E-state index in [0.29, 0.717) is 0 Å². The largest absolute Gasteiger partial charge is 0.497 e. The lowest BCUT2D eigenvalue weighted by Crippen LogP contribution is -2.28. The number of benzene rings is 1. The second-order valence-electron chi connectivity index (χ2n) is 4.67. The van der Waals surface area contributed by atoms with Crippen molar-refractivity contribution >= 4 is 12.0 Å². The van der Waals surface area contributed by atoms with E-state index in [1.165, 1.54) is 0 Å². The van der Waals surface area contributed by atoms with E-state index < -0.39 is 0 Å². The van der Waals surface area contributed by atoms with Crippen LogP contribution in [-0.4, -0.2) is 19.1 Å². The van der Waals surface area contributed by atoms with Gasteiger partial charge in [-0.1, -0.05) is 0 Å². The number of carbonyl (C=O) groups excluding carboxylic acids is 1. The summed E-state index contributed by atoms with van der Waals surface area (Å²) in [6.07, 6.45) is 3.42. The van der Waals surface area contributed by atoms with Gasteiger partial charge in [0.2, 0.25) is 5.91 Å². The molecule has 3 heteroatoms. The van der Waals surface area contributed by atoms with Crippen molar-refractivity contribution in [3.63, 3.8) is 0 Å². The van der Waals surface area contributed by atoms with E-state index in [-0.39, 0.29) is 11.9 Å². The molecule has 1 rings (SSSR count). The van der Waals surface area contributed by atoms with Gasteiger partial charge in [0.05, 0.1) is 7.11 Å². The van der Waals surface area contributed by atoms with Crippen LogP contribution >= 0.6 is 0 Å². The molecule has 0 aliphatic heterocycles. The molecule has 1 aromatic carbocycles. The number of hydrogen-bond acceptors (Lipinski definition) is 2. The third kappa shape index (κ3) is 3.91. The van der Waals surface area contributed by atoms with E-state index >= 15 is 0 Å². The lowest BCUT2D eigenvalue weighted by Gasteiger charge is -2.09. The van der Waals surface area contributed by atoms with Crippen LogP contribution in [0.2, 0.25) is 0 Å². The molecule has 0 atom stereocenters. The molecule has 0 aliphatic rings. The molecule has 0 aliphatic carbocycles. The van der Waals surface area contributed by atoms with Gasteiger partial charge in [0, 0.05) is 12.1 Å². The molecular weight excluding hydrogens is 226 g/mol. The van der Waals surface area contributed by atoms with E-state index in [9.17, 15) is 4.79 Å². The fourth-order valence-electron chi connectivity index (χ4n) is 1.81. The minimum Gasteiger partial charge on any atom is -0.497 e. The lowest BCUT2D eigenvalue weighted by atomic mass is 10.0. The standard InChI is InChI=1S/C15H21NO2/c1-10(2)16-15(17)7-6-14-11(3)8-13(18-5)9-12(14)4/h6-10H,1-5H3,(H,16,17)/b7-6+. The molecule has 1 amide bonds. The second-order valence-corrected chi connectivity index (χ2v) is 4.67. The van der Waals surface area contributed by atoms with Crippen molar-refractivity contribution in [1.29, 1.82) is 0 Å². The Morgan fingerprint density at radius 1 is 1.28 bits per heavy atom. The summed E-state index contributed by atoms with van der Waals surface area (Å²) in [5.41, 5.74) is 3.26. The van der Waals surface area contributed by atoms with Gasteiger partial charge in [-0.05, 0) is 62.6 Å². The third-order valence-electron chi connectivity index (χ3n) is 2.64. The molecule has 0 saturated heterocycles. The monoisotopic (exact) mass is 247 g/mol. The lowest BCUT2D eigenvalue weighted by molar-refractivity contribution is -0.116. The summed E-state index contributed by atoms with van der Waals surface area (Å²) in [7, 11) is 1.65. The fraction of sp³-hybridized carbons (Fsp3) is 0.400. The Bertz CT molecular complexity index is 439. The third-order valence-corrected chi connectivity index (χ3v) is 2.64. The van der Waals surface area contributed by atoms with E-state index in [1.54, 1.807) is 13.2 Å². The summed E-state index contributed by atoms with van der Waals surface area (Å²) in [4.78, 5) is 11.5. The Morgan fingerprint density at radius 2 is 1.83 bits per heavy atom. The normalized spacial score (nSPS) is 11.0. The van der Waals surface area contributed by atoms with Gasteiger partial charge >= 0.3 is 0 Å². The van der Waals surface area contributed by atoms with Crippen LogP contribution in [-0.2, 0) is 4.79 Å². The maximum Gasteiger partial charge on any atom is 0.244 e. The Morgan fingerprint density at radius 3 is 2.28 bits per heavy atom. The molecule has 0 bridgehead atoms. The molecule has 3 nitrogen and oxygen atoms in total. The molecule has 1 aromatic rings. The number of carbonyl (C=O) groups is 1. The average molecular weight is 247 g/mol. The highest BCUT2D eigenvalue weighted by Crippen LogP contribution is 2.22. The first-order valence-corrected chi connectivity index (χ1v) is 6.08. The quantitative estimate of drug-likeness (QED) is 0.831. The zero-order valence-corrected chi connectivity index (χ0v) is 11.7. The number of rotatable bonds is 4. The van der Waals surface area contributed by atoms with Gasteiger partial charge in [0.25, 0.3) is 0 Å². The average Bonchev–Trinajstić information content (AvgIpc) is 2.26. The predicted molar refractivity (Wildman–Crippen MR) is 74.8 cm³/mol. The van der Waals surface area contributed by atoms with Crippen molar-refractivity contribution in [3.05, 3.63) is 34.9 Å². The van der Waals surface area contributed by atoms with Crippen molar-refractivity contribution in [1.82, 2.24) is 5.32 Å². The van der Waals surface area contributed by atoms with Gasteiger partial charge in [-0.2, -0.15) is 0 Å². The van der Waals surface area contributed by atoms with E-state index in [1.807, 2.05) is 45.9 Å². The first-order valence-electron chi connectivity index (χ1n) is 6.08. The van der Waals surface area contributed by atoms with Crippen LogP contribution in [0.3, 0.4) is 0 Å². The zero-order valence-electron chi connectivity index (χ0n) is 11.7. The van der Waals surface area contributed by atoms with Gasteiger partial charge in [-0.15, -0.1) is 0 Å². The predicted octanol–water partition coefficient (Wildman–Crippen LogP) is 2.85. The molecule has 98 valence electrons. The van der Waals surface area contributed by atoms with Gasteiger partial charge in [-0.25, -0.2) is 0 Å². The molecule has 0 fully saturated rings. The summed E-state index contributed by atoms with van der Waals surface area (Å²) < 4.78 is 5.21. The number of ether oxygens (including phenoxy) is 1. The number of amides is 1. The van der Waals surface area contributed by atoms with Gasteiger partial charge in [0.15, 0.2) is 0 Å². The van der Waals surface area contributed by atoms with Crippen LogP contribution in [0.15, 0.2) is 18.2 Å². The Labute approximate surface area is 109 Å². The van der Waals surface area contributed by atoms with Gasteiger partial charge in [-0.3, -0.25) is 4.79 Å². The topological polar surface area (TPSA) is 38.3 Å². The van der Waals surface area contributed by atoms with Crippen molar-refractivity contribution in [2.45, 2.75) is 33.7 Å². The first-order chi connectivity index (χ1) is 8.43. The Hall–Kier alpha value is -1.77. The van der Waals surface area contributed by atoms with Crippen molar-refractivity contribution in [3.8, 4) is 5.75 Å². The van der Waals surface area contributed by atoms with E-state index in [4.69, 9.17) is 4.74 Å². The van der Waals surface area contributed by atoms with E-state index in [2.05, 4.69) is 5.32 Å². The van der Waals surface area contributed by atoms with E-state index in [0.717, 1.165) is 22.4 Å². The SMILES string of the molecule is COc1cc(C)c(/C=C/C(=O)NC(C)C)c(C)c1. The summed E-state index contributed by atoms with van der Waals surface area (Å²) in [6.45, 7) is 7.90. The minimum atomic E-state index is -0.0698. The Balaban J connectivity index is 2.91. The summed E-state index contributed by atoms with van der Waals surface area (Å²) in [5, 5.41) is 2.82. The maximum absolute atomic E-state index is 11.5. The summed E-state index contributed by atoms with van der Waals surface area (Å²) in [6, 6.07) is 4.08. The van der Waals surface area contributed by atoms with Crippen molar-refractivity contribution in [2.75, 3.05) is 7.11 Å². The van der Waals surface area contributed by atoms with Crippen LogP contribution in [0.25, 0.3) is 6.08 Å². The van der Waals surface area contributed by atoms with Crippen molar-refractivity contribution in [2.24, 2.45) is 0 Å². The molecule has 0 heterocycles. The maximum atomic E-state index is 11.5. The minimum absolute atomic E-state index is 0.0698. The number of aryl methyl sites for hydroxylation is 2. The summed E-state index contributed by atoms with van der Waals surface area (Å²) in [5.74, 6) is 0.772. The van der Waals surface area contributed by atoms with Gasteiger partial charge < -0.3 is 10.1 Å². The van der Waals surface area contributed by atoms with Crippen LogP contribution < -0.4 is 10.1 Å². The molecule has 0 spiro atoms. The highest BCUT2D eigenvalue weighted by Gasteiger charge is 2.04. The highest BCUT2D eigenvalue weighted by molar-refractivity contribution is 5.92. The molecule has 0 unspecified atom stereocenters. The second kappa shape index (κ2) is 6.24. The van der Waals surface area contributed by atoms with Crippen LogP contribution in [0, 0.1) is 13.8 Å². The number of nitrogens with one attached hydrogen (secondary N) is 1. The molecular formula is C15H21NO2. The van der Waals surface area contributed by atoms with Crippen LogP contribution in [0.5, 0.6) is 5.75 Å². The van der Waals surface area contributed by atoms with Crippen LogP contribution in [0.1, 0.15) is 30.5 Å². The van der Waals surface area contributed by atoms with Gasteiger partial charge in [0.1, 0.15) is 5.75 Å². The smallest absolute Gasteiger partial charge is 0.244 e. The first kappa shape index (κ1) is 14.3. The zero-order chi connectivity index (χ0) is 13.7. The highest BCUT2D eigenvalue weighted by atomic mass is 16.5. The number of hydrogen-bond donors (Lipinski definition) is 1. The number of methoxy groups -OCH3 is 1. The molecule has 0 aromatic heterocycles. The molecule has 0 saturated carbocycles. The summed E-state index contributed by atoms with van der Waals surface area (Å²) >= 11 is 0.